The van der Waals surface area contributed by atoms with Gasteiger partial charge in [-0.05, 0) is 48.6 Å². The third-order valence-electron chi connectivity index (χ3n) is 3.61. The molecular weight excluding hydrogens is 296 g/mol. The van der Waals surface area contributed by atoms with Gasteiger partial charge in [0.1, 0.15) is 0 Å². The van der Waals surface area contributed by atoms with Crippen LogP contribution in [0.25, 0.3) is 0 Å². The Bertz CT molecular complexity index is 623. The number of carbonyl (C=O) groups is 1. The van der Waals surface area contributed by atoms with Gasteiger partial charge in [0.05, 0.1) is 0 Å². The van der Waals surface area contributed by atoms with Gasteiger partial charge >= 0.3 is 0 Å². The second-order valence-electron chi connectivity index (χ2n) is 5.29. The minimum absolute atomic E-state index is 0. The third-order valence-corrected chi connectivity index (χ3v) is 3.61. The summed E-state index contributed by atoms with van der Waals surface area (Å²) in [6.07, 6.45) is 2.26. The Labute approximate surface area is 138 Å². The summed E-state index contributed by atoms with van der Waals surface area (Å²) in [5.74, 6) is 0.0169. The quantitative estimate of drug-likeness (QED) is 0.814. The Morgan fingerprint density at radius 3 is 2.36 bits per heavy atom. The SMILES string of the molecule is CCc1ccc(CCC(=O)Nc2cc(N)ccc2C)cc1.Cl. The molecule has 0 aliphatic rings. The molecule has 2 aromatic carbocycles. The molecular formula is C18H23ClN2O. The van der Waals surface area contributed by atoms with Crippen LogP contribution in [0.1, 0.15) is 30.0 Å². The first kappa shape index (κ1) is 18.1. The van der Waals surface area contributed by atoms with E-state index in [2.05, 4.69) is 36.5 Å². The summed E-state index contributed by atoms with van der Waals surface area (Å²) in [4.78, 5) is 12.0. The van der Waals surface area contributed by atoms with Gasteiger partial charge in [0.15, 0.2) is 0 Å². The Balaban J connectivity index is 0.00000242. The van der Waals surface area contributed by atoms with Crippen molar-refractivity contribution in [1.29, 1.82) is 0 Å². The van der Waals surface area contributed by atoms with Gasteiger partial charge in [0.2, 0.25) is 5.91 Å². The van der Waals surface area contributed by atoms with Crippen LogP contribution in [-0.2, 0) is 17.6 Å². The van der Waals surface area contributed by atoms with Crippen molar-refractivity contribution in [3.8, 4) is 0 Å². The van der Waals surface area contributed by atoms with Crippen LogP contribution >= 0.6 is 12.4 Å². The van der Waals surface area contributed by atoms with Crippen LogP contribution in [0.3, 0.4) is 0 Å². The zero-order chi connectivity index (χ0) is 15.2. The van der Waals surface area contributed by atoms with Crippen LogP contribution in [0.4, 0.5) is 11.4 Å². The topological polar surface area (TPSA) is 55.1 Å². The van der Waals surface area contributed by atoms with Crippen molar-refractivity contribution in [2.75, 3.05) is 11.1 Å². The van der Waals surface area contributed by atoms with Gasteiger partial charge in [-0.3, -0.25) is 4.79 Å². The van der Waals surface area contributed by atoms with E-state index < -0.39 is 0 Å². The standard InChI is InChI=1S/C18H22N2O.ClH/c1-3-14-5-7-15(8-6-14)9-11-18(21)20-17-12-16(19)10-4-13(17)2;/h4-8,10,12H,3,9,11,19H2,1-2H3,(H,20,21);1H. The van der Waals surface area contributed by atoms with Gasteiger partial charge in [0.25, 0.3) is 0 Å². The molecule has 3 nitrogen and oxygen atoms in total. The average Bonchev–Trinajstić information content (AvgIpc) is 2.49. The molecule has 0 spiro atoms. The number of halogens is 1. The first-order chi connectivity index (χ1) is 10.1. The van der Waals surface area contributed by atoms with Crippen LogP contribution in [0, 0.1) is 6.92 Å². The van der Waals surface area contributed by atoms with Crippen molar-refractivity contribution in [3.05, 3.63) is 59.2 Å². The number of hydrogen-bond acceptors (Lipinski definition) is 2. The van der Waals surface area contributed by atoms with Gasteiger partial charge in [-0.1, -0.05) is 37.3 Å². The normalized spacial score (nSPS) is 9.91. The lowest BCUT2D eigenvalue weighted by atomic mass is 10.1. The minimum atomic E-state index is 0. The summed E-state index contributed by atoms with van der Waals surface area (Å²) in [6, 6.07) is 14.0. The van der Waals surface area contributed by atoms with E-state index in [1.165, 1.54) is 11.1 Å². The van der Waals surface area contributed by atoms with E-state index in [-0.39, 0.29) is 18.3 Å². The van der Waals surface area contributed by atoms with E-state index in [0.717, 1.165) is 24.1 Å². The molecule has 0 aliphatic heterocycles. The molecule has 0 unspecified atom stereocenters. The smallest absolute Gasteiger partial charge is 0.224 e. The van der Waals surface area contributed by atoms with E-state index in [1.54, 1.807) is 6.07 Å². The first-order valence-corrected chi connectivity index (χ1v) is 7.32. The van der Waals surface area contributed by atoms with E-state index >= 15 is 0 Å². The maximum atomic E-state index is 12.0. The number of benzene rings is 2. The van der Waals surface area contributed by atoms with Gasteiger partial charge < -0.3 is 11.1 Å². The molecule has 0 atom stereocenters. The molecule has 118 valence electrons. The Hall–Kier alpha value is -2.00. The maximum Gasteiger partial charge on any atom is 0.224 e. The van der Waals surface area contributed by atoms with E-state index in [9.17, 15) is 4.79 Å². The summed E-state index contributed by atoms with van der Waals surface area (Å²) in [5.41, 5.74) is 10.7. The number of rotatable bonds is 5. The summed E-state index contributed by atoms with van der Waals surface area (Å²) < 4.78 is 0. The molecule has 0 fully saturated rings. The second kappa shape index (κ2) is 8.44. The average molecular weight is 319 g/mol. The molecule has 0 bridgehead atoms. The lowest BCUT2D eigenvalue weighted by Gasteiger charge is -2.09. The lowest BCUT2D eigenvalue weighted by molar-refractivity contribution is -0.116. The highest BCUT2D eigenvalue weighted by Crippen LogP contribution is 2.18. The molecule has 0 aliphatic carbocycles. The molecule has 4 heteroatoms. The molecule has 3 N–H and O–H groups in total. The van der Waals surface area contributed by atoms with E-state index in [1.807, 2.05) is 19.1 Å². The maximum absolute atomic E-state index is 12.0. The minimum Gasteiger partial charge on any atom is -0.399 e. The van der Waals surface area contributed by atoms with Gasteiger partial charge in [-0.2, -0.15) is 0 Å². The van der Waals surface area contributed by atoms with Crippen molar-refractivity contribution in [1.82, 2.24) is 0 Å². The van der Waals surface area contributed by atoms with Crippen LogP contribution in [0.2, 0.25) is 0 Å². The number of hydrogen-bond donors (Lipinski definition) is 2. The number of nitrogen functional groups attached to an aromatic ring is 1. The fourth-order valence-corrected chi connectivity index (χ4v) is 2.19. The number of nitrogens with two attached hydrogens (primary N) is 1. The highest BCUT2D eigenvalue weighted by atomic mass is 35.5. The predicted octanol–water partition coefficient (Wildman–Crippen LogP) is 4.13. The Morgan fingerprint density at radius 2 is 1.73 bits per heavy atom. The van der Waals surface area contributed by atoms with Crippen LogP contribution < -0.4 is 11.1 Å². The van der Waals surface area contributed by atoms with Crippen molar-refractivity contribution < 1.29 is 4.79 Å². The van der Waals surface area contributed by atoms with Crippen molar-refractivity contribution in [3.63, 3.8) is 0 Å². The molecule has 1 amide bonds. The number of nitrogens with one attached hydrogen (secondary N) is 1. The zero-order valence-corrected chi connectivity index (χ0v) is 13.9. The highest BCUT2D eigenvalue weighted by molar-refractivity contribution is 5.92. The summed E-state index contributed by atoms with van der Waals surface area (Å²) in [6.45, 7) is 4.09. The molecule has 2 rings (SSSR count). The van der Waals surface area contributed by atoms with Gasteiger partial charge in [-0.15, -0.1) is 12.4 Å². The van der Waals surface area contributed by atoms with E-state index in [0.29, 0.717) is 12.1 Å². The molecule has 22 heavy (non-hydrogen) atoms. The van der Waals surface area contributed by atoms with Gasteiger partial charge in [0, 0.05) is 17.8 Å². The fraction of sp³-hybridized carbons (Fsp3) is 0.278. The Morgan fingerprint density at radius 1 is 1.09 bits per heavy atom. The largest absolute Gasteiger partial charge is 0.399 e. The van der Waals surface area contributed by atoms with Crippen molar-refractivity contribution in [2.24, 2.45) is 0 Å². The summed E-state index contributed by atoms with van der Waals surface area (Å²) in [5, 5.41) is 2.92. The van der Waals surface area contributed by atoms with Crippen LogP contribution in [0.15, 0.2) is 42.5 Å². The van der Waals surface area contributed by atoms with Crippen molar-refractivity contribution in [2.45, 2.75) is 33.1 Å². The molecule has 0 saturated carbocycles. The molecule has 2 aromatic rings. The zero-order valence-electron chi connectivity index (χ0n) is 13.1. The predicted molar refractivity (Wildman–Crippen MR) is 95.6 cm³/mol. The second-order valence-corrected chi connectivity index (χ2v) is 5.29. The monoisotopic (exact) mass is 318 g/mol. The fourth-order valence-electron chi connectivity index (χ4n) is 2.19. The summed E-state index contributed by atoms with van der Waals surface area (Å²) in [7, 11) is 0. The highest BCUT2D eigenvalue weighted by Gasteiger charge is 2.06. The number of aryl methyl sites for hydroxylation is 3. The Kier molecular flexibility index (Phi) is 6.93. The van der Waals surface area contributed by atoms with Crippen LogP contribution in [-0.4, -0.2) is 5.91 Å². The summed E-state index contributed by atoms with van der Waals surface area (Å²) >= 11 is 0. The number of amides is 1. The number of carbonyl (C=O) groups excluding carboxylic acids is 1. The molecule has 0 heterocycles. The third kappa shape index (κ3) is 5.08. The molecule has 0 saturated heterocycles. The van der Waals surface area contributed by atoms with E-state index in [4.69, 9.17) is 5.73 Å². The molecule has 0 radical (unpaired) electrons. The first-order valence-electron chi connectivity index (χ1n) is 7.32. The number of anilines is 2. The van der Waals surface area contributed by atoms with Gasteiger partial charge in [-0.25, -0.2) is 0 Å². The lowest BCUT2D eigenvalue weighted by Crippen LogP contribution is -2.13. The van der Waals surface area contributed by atoms with Crippen molar-refractivity contribution >= 4 is 29.7 Å². The van der Waals surface area contributed by atoms with Crippen LogP contribution in [0.5, 0.6) is 0 Å². The molecule has 0 aromatic heterocycles.